The van der Waals surface area contributed by atoms with Crippen molar-refractivity contribution in [3.05, 3.63) is 16.1 Å². The van der Waals surface area contributed by atoms with Gasteiger partial charge in [0, 0.05) is 23.7 Å². The lowest BCUT2D eigenvalue weighted by Gasteiger charge is -2.11. The van der Waals surface area contributed by atoms with Crippen LogP contribution < -0.4 is 5.32 Å². The Bertz CT molecular complexity index is 321. The molecule has 16 heavy (non-hydrogen) atoms. The van der Waals surface area contributed by atoms with E-state index >= 15 is 0 Å². The molecule has 1 aromatic rings. The average Bonchev–Trinajstić information content (AvgIpc) is 2.88. The van der Waals surface area contributed by atoms with Crippen LogP contribution in [0, 0.1) is 12.8 Å². The van der Waals surface area contributed by atoms with Crippen molar-refractivity contribution >= 4 is 11.3 Å². The molecule has 1 aliphatic carbocycles. The summed E-state index contributed by atoms with van der Waals surface area (Å²) in [6.45, 7) is 5.50. The molecule has 2 unspecified atom stereocenters. The number of nitrogens with zero attached hydrogens (tertiary/aromatic N) is 1. The second-order valence-electron chi connectivity index (χ2n) is 4.83. The Morgan fingerprint density at radius 2 is 2.38 bits per heavy atom. The molecule has 0 amide bonds. The molecule has 0 aliphatic heterocycles. The van der Waals surface area contributed by atoms with Gasteiger partial charge in [-0.25, -0.2) is 4.98 Å². The molecular formula is C13H22N2S. The normalized spacial score (nSPS) is 25.1. The van der Waals surface area contributed by atoms with Crippen molar-refractivity contribution in [3.8, 4) is 0 Å². The molecule has 0 radical (unpaired) electrons. The Morgan fingerprint density at radius 3 is 3.00 bits per heavy atom. The largest absolute Gasteiger partial charge is 0.314 e. The summed E-state index contributed by atoms with van der Waals surface area (Å²) in [5.41, 5.74) is 0. The molecule has 90 valence electrons. The Labute approximate surface area is 102 Å². The molecule has 1 aliphatic rings. The fourth-order valence-electron chi connectivity index (χ4n) is 2.55. The maximum absolute atomic E-state index is 4.28. The van der Waals surface area contributed by atoms with Gasteiger partial charge < -0.3 is 5.32 Å². The molecule has 0 spiro atoms. The van der Waals surface area contributed by atoms with Gasteiger partial charge in [-0.2, -0.15) is 0 Å². The minimum Gasteiger partial charge on any atom is -0.314 e. The van der Waals surface area contributed by atoms with Crippen LogP contribution in [-0.2, 0) is 6.42 Å². The number of hydrogen-bond acceptors (Lipinski definition) is 3. The van der Waals surface area contributed by atoms with Crippen molar-refractivity contribution in [2.45, 2.75) is 52.0 Å². The zero-order chi connectivity index (χ0) is 11.4. The Kier molecular flexibility index (Phi) is 4.36. The number of rotatable bonds is 5. The van der Waals surface area contributed by atoms with Gasteiger partial charge in [-0.05, 0) is 38.5 Å². The van der Waals surface area contributed by atoms with Gasteiger partial charge in [0.1, 0.15) is 0 Å². The third-order valence-corrected chi connectivity index (χ3v) is 4.56. The maximum Gasteiger partial charge on any atom is 0.0896 e. The van der Waals surface area contributed by atoms with E-state index in [-0.39, 0.29) is 0 Å². The Morgan fingerprint density at radius 1 is 1.50 bits per heavy atom. The first kappa shape index (κ1) is 12.1. The minimum atomic E-state index is 0.777. The molecule has 3 heteroatoms. The van der Waals surface area contributed by atoms with Gasteiger partial charge in [-0.1, -0.05) is 13.3 Å². The third kappa shape index (κ3) is 3.29. The van der Waals surface area contributed by atoms with Crippen LogP contribution in [0.1, 0.15) is 42.5 Å². The summed E-state index contributed by atoms with van der Waals surface area (Å²) in [6.07, 6.45) is 8.70. The molecule has 1 aromatic heterocycles. The van der Waals surface area contributed by atoms with Crippen molar-refractivity contribution in [2.24, 2.45) is 5.92 Å². The van der Waals surface area contributed by atoms with Crippen molar-refractivity contribution in [1.82, 2.24) is 10.3 Å². The summed E-state index contributed by atoms with van der Waals surface area (Å²) in [4.78, 5) is 5.70. The van der Waals surface area contributed by atoms with Gasteiger partial charge in [0.25, 0.3) is 0 Å². The van der Waals surface area contributed by atoms with Crippen LogP contribution in [0.2, 0.25) is 0 Å². The van der Waals surface area contributed by atoms with Crippen LogP contribution in [0.4, 0.5) is 0 Å². The highest BCUT2D eigenvalue weighted by Crippen LogP contribution is 2.27. The number of thiazole rings is 1. The molecule has 0 aromatic carbocycles. The summed E-state index contributed by atoms with van der Waals surface area (Å²) in [7, 11) is 0. The number of hydrogen-bond donors (Lipinski definition) is 1. The highest BCUT2D eigenvalue weighted by Gasteiger charge is 2.22. The van der Waals surface area contributed by atoms with E-state index in [1.165, 1.54) is 35.6 Å². The average molecular weight is 238 g/mol. The molecule has 2 rings (SSSR count). The predicted molar refractivity (Wildman–Crippen MR) is 70.0 cm³/mol. The second kappa shape index (κ2) is 5.78. The Hall–Kier alpha value is -0.410. The summed E-state index contributed by atoms with van der Waals surface area (Å²) in [6, 6.07) is 0.777. The first-order valence-electron chi connectivity index (χ1n) is 6.42. The smallest absolute Gasteiger partial charge is 0.0896 e. The fourth-order valence-corrected chi connectivity index (χ4v) is 3.35. The first-order chi connectivity index (χ1) is 7.78. The van der Waals surface area contributed by atoms with Crippen molar-refractivity contribution in [2.75, 3.05) is 6.54 Å². The lowest BCUT2D eigenvalue weighted by Crippen LogP contribution is -2.28. The van der Waals surface area contributed by atoms with E-state index in [0.717, 1.165) is 24.9 Å². The van der Waals surface area contributed by atoms with Gasteiger partial charge in [0.2, 0.25) is 0 Å². The predicted octanol–water partition coefficient (Wildman–Crippen LogP) is 3.16. The van der Waals surface area contributed by atoms with E-state index in [1.807, 2.05) is 17.5 Å². The molecule has 0 bridgehead atoms. The van der Waals surface area contributed by atoms with Gasteiger partial charge in [0.15, 0.2) is 0 Å². The van der Waals surface area contributed by atoms with Crippen LogP contribution in [0.5, 0.6) is 0 Å². The highest BCUT2D eigenvalue weighted by atomic mass is 32.1. The fraction of sp³-hybridized carbons (Fsp3) is 0.769. The van der Waals surface area contributed by atoms with Gasteiger partial charge >= 0.3 is 0 Å². The Balaban J connectivity index is 1.65. The van der Waals surface area contributed by atoms with E-state index < -0.39 is 0 Å². The molecule has 2 nitrogen and oxygen atoms in total. The van der Waals surface area contributed by atoms with Gasteiger partial charge in [-0.3, -0.25) is 0 Å². The molecule has 1 N–H and O–H groups in total. The summed E-state index contributed by atoms with van der Waals surface area (Å²) in [5, 5.41) is 4.86. The molecule has 1 fully saturated rings. The topological polar surface area (TPSA) is 24.9 Å². The molecule has 1 heterocycles. The van der Waals surface area contributed by atoms with Crippen LogP contribution in [0.25, 0.3) is 0 Å². The summed E-state index contributed by atoms with van der Waals surface area (Å²) >= 11 is 1.82. The SMILES string of the molecule is CCC1CCC(NCCc2cnc(C)s2)C1. The molecular weight excluding hydrogens is 216 g/mol. The van der Waals surface area contributed by atoms with Crippen LogP contribution in [0.15, 0.2) is 6.20 Å². The van der Waals surface area contributed by atoms with Crippen molar-refractivity contribution in [1.29, 1.82) is 0 Å². The standard InChI is InChI=1S/C13H22N2S/c1-3-11-4-5-12(8-11)14-7-6-13-9-15-10(2)16-13/h9,11-12,14H,3-8H2,1-2H3. The van der Waals surface area contributed by atoms with E-state index in [1.54, 1.807) is 0 Å². The van der Waals surface area contributed by atoms with Crippen molar-refractivity contribution in [3.63, 3.8) is 0 Å². The lowest BCUT2D eigenvalue weighted by atomic mass is 10.1. The highest BCUT2D eigenvalue weighted by molar-refractivity contribution is 7.11. The van der Waals surface area contributed by atoms with Crippen molar-refractivity contribution < 1.29 is 0 Å². The van der Waals surface area contributed by atoms with Crippen LogP contribution in [0.3, 0.4) is 0 Å². The number of aryl methyl sites for hydroxylation is 1. The third-order valence-electron chi connectivity index (χ3n) is 3.59. The second-order valence-corrected chi connectivity index (χ2v) is 6.15. The van der Waals surface area contributed by atoms with E-state index in [9.17, 15) is 0 Å². The van der Waals surface area contributed by atoms with Crippen LogP contribution >= 0.6 is 11.3 Å². The maximum atomic E-state index is 4.28. The van der Waals surface area contributed by atoms with E-state index in [2.05, 4.69) is 24.1 Å². The first-order valence-corrected chi connectivity index (χ1v) is 7.24. The van der Waals surface area contributed by atoms with E-state index in [0.29, 0.717) is 0 Å². The van der Waals surface area contributed by atoms with Gasteiger partial charge in [-0.15, -0.1) is 11.3 Å². The monoisotopic (exact) mass is 238 g/mol. The zero-order valence-electron chi connectivity index (χ0n) is 10.3. The molecule has 2 atom stereocenters. The lowest BCUT2D eigenvalue weighted by molar-refractivity contribution is 0.480. The van der Waals surface area contributed by atoms with Crippen LogP contribution in [-0.4, -0.2) is 17.6 Å². The molecule has 1 saturated carbocycles. The number of nitrogens with one attached hydrogen (secondary N) is 1. The van der Waals surface area contributed by atoms with E-state index in [4.69, 9.17) is 0 Å². The summed E-state index contributed by atoms with van der Waals surface area (Å²) in [5.74, 6) is 0.975. The quantitative estimate of drug-likeness (QED) is 0.852. The zero-order valence-corrected chi connectivity index (χ0v) is 11.1. The minimum absolute atomic E-state index is 0.777. The van der Waals surface area contributed by atoms with Gasteiger partial charge in [0.05, 0.1) is 5.01 Å². The number of aromatic nitrogens is 1. The molecule has 0 saturated heterocycles. The summed E-state index contributed by atoms with van der Waals surface area (Å²) < 4.78 is 0.